The molecule has 1 aromatic rings. The number of likely N-dealkylation sites (tertiary alicyclic amines) is 1. The van der Waals surface area contributed by atoms with Crippen molar-refractivity contribution in [1.82, 2.24) is 4.90 Å². The van der Waals surface area contributed by atoms with Gasteiger partial charge in [-0.05, 0) is 50.3 Å². The minimum atomic E-state index is -0.0889. The van der Waals surface area contributed by atoms with Gasteiger partial charge in [0.2, 0.25) is 5.91 Å². The number of nitrogen functional groups attached to an aromatic ring is 1. The zero-order valence-electron chi connectivity index (χ0n) is 12.1. The van der Waals surface area contributed by atoms with E-state index in [0.29, 0.717) is 0 Å². The monoisotopic (exact) mass is 273 g/mol. The summed E-state index contributed by atoms with van der Waals surface area (Å²) in [5.41, 5.74) is 9.16. The summed E-state index contributed by atoms with van der Waals surface area (Å²) in [6, 6.07) is 5.98. The quantitative estimate of drug-likeness (QED) is 0.839. The van der Waals surface area contributed by atoms with Crippen LogP contribution in [0.5, 0.6) is 0 Å². The lowest BCUT2D eigenvalue weighted by Crippen LogP contribution is -2.48. The lowest BCUT2D eigenvalue weighted by molar-refractivity contribution is -0.131. The van der Waals surface area contributed by atoms with Crippen LogP contribution in [0, 0.1) is 0 Å². The summed E-state index contributed by atoms with van der Waals surface area (Å²) >= 11 is 0. The Bertz CT molecular complexity index is 508. The summed E-state index contributed by atoms with van der Waals surface area (Å²) in [5.74, 6) is 0.262. The molecule has 4 nitrogen and oxygen atoms in total. The number of carbonyl (C=O) groups is 1. The predicted octanol–water partition coefficient (Wildman–Crippen LogP) is 2.03. The van der Waals surface area contributed by atoms with Gasteiger partial charge in [0.1, 0.15) is 6.04 Å². The van der Waals surface area contributed by atoms with Crippen LogP contribution in [0.4, 0.5) is 11.4 Å². The van der Waals surface area contributed by atoms with Crippen molar-refractivity contribution in [2.24, 2.45) is 0 Å². The molecule has 1 fully saturated rings. The lowest BCUT2D eigenvalue weighted by Gasteiger charge is -2.37. The second-order valence-corrected chi connectivity index (χ2v) is 5.89. The largest absolute Gasteiger partial charge is 0.399 e. The molecule has 1 saturated heterocycles. The third kappa shape index (κ3) is 2.35. The third-order valence-corrected chi connectivity index (χ3v) is 4.51. The molecule has 2 N–H and O–H groups in total. The Balaban J connectivity index is 1.84. The normalized spacial score (nSPS) is 19.9. The van der Waals surface area contributed by atoms with Gasteiger partial charge in [-0.3, -0.25) is 4.79 Å². The van der Waals surface area contributed by atoms with Crippen LogP contribution in [0.3, 0.4) is 0 Å². The number of carbonyl (C=O) groups excluding carboxylic acids is 1. The van der Waals surface area contributed by atoms with Crippen LogP contribution in [0.25, 0.3) is 0 Å². The van der Waals surface area contributed by atoms with Crippen molar-refractivity contribution in [3.63, 3.8) is 0 Å². The van der Waals surface area contributed by atoms with Crippen molar-refractivity contribution in [3.8, 4) is 0 Å². The van der Waals surface area contributed by atoms with E-state index >= 15 is 0 Å². The van der Waals surface area contributed by atoms with Gasteiger partial charge in [0.15, 0.2) is 0 Å². The highest BCUT2D eigenvalue weighted by Gasteiger charge is 2.30. The number of aryl methyl sites for hydroxylation is 1. The number of hydrogen-bond donors (Lipinski definition) is 1. The molecule has 0 spiro atoms. The van der Waals surface area contributed by atoms with E-state index in [4.69, 9.17) is 5.73 Å². The topological polar surface area (TPSA) is 49.6 Å². The van der Waals surface area contributed by atoms with Gasteiger partial charge in [-0.2, -0.15) is 0 Å². The molecule has 1 atom stereocenters. The number of hydrogen-bond acceptors (Lipinski definition) is 3. The van der Waals surface area contributed by atoms with Crippen LogP contribution in [0.2, 0.25) is 0 Å². The summed E-state index contributed by atoms with van der Waals surface area (Å²) in [4.78, 5) is 16.8. The fourth-order valence-electron chi connectivity index (χ4n) is 3.36. The minimum Gasteiger partial charge on any atom is -0.399 e. The SMILES string of the molecule is CC(C(=O)N1CCCC1)N1CCCc2ccc(N)cc21. The van der Waals surface area contributed by atoms with Crippen molar-refractivity contribution < 1.29 is 4.79 Å². The Morgan fingerprint density at radius 3 is 2.70 bits per heavy atom. The maximum Gasteiger partial charge on any atom is 0.244 e. The molecule has 4 heteroatoms. The van der Waals surface area contributed by atoms with E-state index in [2.05, 4.69) is 11.0 Å². The van der Waals surface area contributed by atoms with Gasteiger partial charge in [-0.15, -0.1) is 0 Å². The molecule has 2 heterocycles. The number of nitrogens with two attached hydrogens (primary N) is 1. The molecule has 0 radical (unpaired) electrons. The zero-order chi connectivity index (χ0) is 14.1. The number of amides is 1. The second kappa shape index (κ2) is 5.35. The Kier molecular flexibility index (Phi) is 3.55. The molecule has 1 aromatic carbocycles. The number of nitrogens with zero attached hydrogens (tertiary/aromatic N) is 2. The van der Waals surface area contributed by atoms with E-state index in [1.807, 2.05) is 24.0 Å². The Hall–Kier alpha value is -1.71. The smallest absolute Gasteiger partial charge is 0.244 e. The molecule has 0 aliphatic carbocycles. The minimum absolute atomic E-state index is 0.0889. The first kappa shape index (κ1) is 13.3. The van der Waals surface area contributed by atoms with Gasteiger partial charge in [0, 0.05) is 31.0 Å². The molecule has 108 valence electrons. The average Bonchev–Trinajstić information content (AvgIpc) is 2.99. The van der Waals surface area contributed by atoms with E-state index in [1.54, 1.807) is 0 Å². The average molecular weight is 273 g/mol. The van der Waals surface area contributed by atoms with E-state index in [0.717, 1.165) is 56.7 Å². The lowest BCUT2D eigenvalue weighted by atomic mass is 9.99. The van der Waals surface area contributed by atoms with Crippen molar-refractivity contribution in [3.05, 3.63) is 23.8 Å². The highest BCUT2D eigenvalue weighted by atomic mass is 16.2. The van der Waals surface area contributed by atoms with Crippen molar-refractivity contribution in [2.45, 2.75) is 38.6 Å². The number of fused-ring (bicyclic) bond motifs is 1. The van der Waals surface area contributed by atoms with Gasteiger partial charge in [-0.1, -0.05) is 6.07 Å². The Labute approximate surface area is 120 Å². The highest BCUT2D eigenvalue weighted by molar-refractivity contribution is 5.86. The molecule has 1 unspecified atom stereocenters. The molecule has 0 aromatic heterocycles. The van der Waals surface area contributed by atoms with Crippen molar-refractivity contribution in [1.29, 1.82) is 0 Å². The van der Waals surface area contributed by atoms with Crippen LogP contribution in [0.1, 0.15) is 31.7 Å². The van der Waals surface area contributed by atoms with Gasteiger partial charge >= 0.3 is 0 Å². The van der Waals surface area contributed by atoms with E-state index in [9.17, 15) is 4.79 Å². The van der Waals surface area contributed by atoms with E-state index in [1.165, 1.54) is 5.56 Å². The first-order chi connectivity index (χ1) is 9.66. The first-order valence-electron chi connectivity index (χ1n) is 7.60. The Morgan fingerprint density at radius 1 is 1.20 bits per heavy atom. The molecule has 2 aliphatic heterocycles. The summed E-state index contributed by atoms with van der Waals surface area (Å²) in [5, 5.41) is 0. The van der Waals surface area contributed by atoms with E-state index in [-0.39, 0.29) is 11.9 Å². The number of anilines is 2. The summed E-state index contributed by atoms with van der Waals surface area (Å²) in [7, 11) is 0. The second-order valence-electron chi connectivity index (χ2n) is 5.89. The summed E-state index contributed by atoms with van der Waals surface area (Å²) in [6.07, 6.45) is 4.47. The molecule has 20 heavy (non-hydrogen) atoms. The van der Waals surface area contributed by atoms with Crippen LogP contribution in [-0.2, 0) is 11.2 Å². The number of rotatable bonds is 2. The maximum atomic E-state index is 12.6. The first-order valence-corrected chi connectivity index (χ1v) is 7.60. The fourth-order valence-corrected chi connectivity index (χ4v) is 3.36. The van der Waals surface area contributed by atoms with Crippen LogP contribution >= 0.6 is 0 Å². The molecule has 0 saturated carbocycles. The molecule has 3 rings (SSSR count). The van der Waals surface area contributed by atoms with Crippen molar-refractivity contribution >= 4 is 17.3 Å². The van der Waals surface area contributed by atoms with Crippen LogP contribution < -0.4 is 10.6 Å². The maximum absolute atomic E-state index is 12.6. The van der Waals surface area contributed by atoms with Crippen LogP contribution in [-0.4, -0.2) is 36.5 Å². The predicted molar refractivity (Wildman–Crippen MR) is 81.8 cm³/mol. The van der Waals surface area contributed by atoms with Gasteiger partial charge < -0.3 is 15.5 Å². The van der Waals surface area contributed by atoms with Crippen LogP contribution in [0.15, 0.2) is 18.2 Å². The Morgan fingerprint density at radius 2 is 1.95 bits per heavy atom. The van der Waals surface area contributed by atoms with Gasteiger partial charge in [-0.25, -0.2) is 0 Å². The summed E-state index contributed by atoms with van der Waals surface area (Å²) < 4.78 is 0. The van der Waals surface area contributed by atoms with E-state index < -0.39 is 0 Å². The molecule has 1 amide bonds. The fraction of sp³-hybridized carbons (Fsp3) is 0.562. The van der Waals surface area contributed by atoms with Gasteiger partial charge in [0.05, 0.1) is 0 Å². The molecular formula is C16H23N3O. The zero-order valence-corrected chi connectivity index (χ0v) is 12.1. The highest BCUT2D eigenvalue weighted by Crippen LogP contribution is 2.31. The van der Waals surface area contributed by atoms with Gasteiger partial charge in [0.25, 0.3) is 0 Å². The standard InChI is InChI=1S/C16H23N3O/c1-12(16(20)18-8-2-3-9-18)19-10-4-5-13-6-7-14(17)11-15(13)19/h6-7,11-12H,2-5,8-10,17H2,1H3. The van der Waals surface area contributed by atoms with Crippen molar-refractivity contribution in [2.75, 3.05) is 30.3 Å². The third-order valence-electron chi connectivity index (χ3n) is 4.51. The number of benzene rings is 1. The molecular weight excluding hydrogens is 250 g/mol. The summed E-state index contributed by atoms with van der Waals surface area (Å²) in [6.45, 7) is 4.80. The molecule has 0 bridgehead atoms. The molecule has 2 aliphatic rings.